The van der Waals surface area contributed by atoms with E-state index >= 15 is 0 Å². The molecule has 5 heteroatoms. The van der Waals surface area contributed by atoms with Crippen molar-refractivity contribution in [2.45, 2.75) is 43.3 Å². The van der Waals surface area contributed by atoms with Gasteiger partial charge in [0, 0.05) is 29.3 Å². The maximum Gasteiger partial charge on any atom is 0.227 e. The molecule has 0 radical (unpaired) electrons. The molecule has 1 saturated carbocycles. The van der Waals surface area contributed by atoms with Crippen molar-refractivity contribution in [1.29, 1.82) is 0 Å². The van der Waals surface area contributed by atoms with Gasteiger partial charge in [-0.1, -0.05) is 31.4 Å². The minimum Gasteiger partial charge on any atom is -0.399 e. The van der Waals surface area contributed by atoms with Crippen LogP contribution in [-0.2, 0) is 11.2 Å². The molecule has 2 aliphatic rings. The normalized spacial score (nSPS) is 20.5. The van der Waals surface area contributed by atoms with Crippen molar-refractivity contribution in [3.05, 3.63) is 29.8 Å². The quantitative estimate of drug-likeness (QED) is 0.838. The number of halogens is 1. The molecule has 1 amide bonds. The number of nitrogens with zero attached hydrogens (tertiary/aromatic N) is 1. The van der Waals surface area contributed by atoms with Crippen LogP contribution in [0.5, 0.6) is 0 Å². The Labute approximate surface area is 143 Å². The zero-order valence-corrected chi connectivity index (χ0v) is 14.6. The smallest absolute Gasteiger partial charge is 0.227 e. The van der Waals surface area contributed by atoms with Crippen LogP contribution in [0.3, 0.4) is 0 Å². The van der Waals surface area contributed by atoms with Crippen LogP contribution < -0.4 is 5.73 Å². The van der Waals surface area contributed by atoms with Gasteiger partial charge in [-0.2, -0.15) is 11.8 Å². The molecule has 1 spiro atoms. The van der Waals surface area contributed by atoms with Crippen molar-refractivity contribution in [1.82, 2.24) is 4.90 Å². The van der Waals surface area contributed by atoms with Gasteiger partial charge in [-0.15, -0.1) is 12.4 Å². The molecule has 1 aliphatic heterocycles. The Kier molecular flexibility index (Phi) is 6.04. The first kappa shape index (κ1) is 17.5. The van der Waals surface area contributed by atoms with Crippen molar-refractivity contribution < 1.29 is 4.79 Å². The first-order valence-corrected chi connectivity index (χ1v) is 8.92. The van der Waals surface area contributed by atoms with E-state index in [2.05, 4.69) is 16.7 Å². The van der Waals surface area contributed by atoms with E-state index in [4.69, 9.17) is 5.73 Å². The lowest BCUT2D eigenvalue weighted by Gasteiger charge is -2.44. The summed E-state index contributed by atoms with van der Waals surface area (Å²) in [5.74, 6) is 1.36. The summed E-state index contributed by atoms with van der Waals surface area (Å²) in [4.78, 5) is 14.7. The molecule has 0 aromatic heterocycles. The van der Waals surface area contributed by atoms with Crippen LogP contribution in [0.1, 0.15) is 37.7 Å². The van der Waals surface area contributed by atoms with Crippen molar-refractivity contribution in [3.8, 4) is 0 Å². The third-order valence-electron chi connectivity index (χ3n) is 4.70. The largest absolute Gasteiger partial charge is 0.399 e. The number of anilines is 1. The van der Waals surface area contributed by atoms with Gasteiger partial charge in [0.2, 0.25) is 5.91 Å². The van der Waals surface area contributed by atoms with Gasteiger partial charge in [0.05, 0.1) is 6.42 Å². The number of amides is 1. The summed E-state index contributed by atoms with van der Waals surface area (Å²) in [5.41, 5.74) is 7.51. The molecule has 2 N–H and O–H groups in total. The van der Waals surface area contributed by atoms with E-state index in [0.717, 1.165) is 30.1 Å². The van der Waals surface area contributed by atoms with Gasteiger partial charge in [0.25, 0.3) is 0 Å². The first-order chi connectivity index (χ1) is 10.2. The van der Waals surface area contributed by atoms with Gasteiger partial charge in [0.15, 0.2) is 0 Å². The van der Waals surface area contributed by atoms with Gasteiger partial charge >= 0.3 is 0 Å². The summed E-state index contributed by atoms with van der Waals surface area (Å²) >= 11 is 2.11. The number of hydrogen-bond donors (Lipinski definition) is 1. The fourth-order valence-electron chi connectivity index (χ4n) is 3.48. The standard InChI is InChI=1S/C17H24N2OS.ClH/c18-15-6-4-14(5-7-15)12-16(20)19-10-11-21-17(13-19)8-2-1-3-9-17;/h4-7H,1-3,8-13,18H2;1H. The van der Waals surface area contributed by atoms with E-state index in [1.807, 2.05) is 24.3 Å². The van der Waals surface area contributed by atoms with Gasteiger partial charge in [0.1, 0.15) is 0 Å². The lowest BCUT2D eigenvalue weighted by atomic mass is 9.87. The van der Waals surface area contributed by atoms with E-state index in [9.17, 15) is 4.79 Å². The zero-order chi connectivity index (χ0) is 14.7. The van der Waals surface area contributed by atoms with Gasteiger partial charge in [-0.3, -0.25) is 4.79 Å². The number of nitrogen functional groups attached to an aromatic ring is 1. The molecule has 3 nitrogen and oxygen atoms in total. The van der Waals surface area contributed by atoms with Crippen LogP contribution in [0.25, 0.3) is 0 Å². The Balaban J connectivity index is 0.00000176. The van der Waals surface area contributed by atoms with E-state index in [1.165, 1.54) is 32.1 Å². The fourth-order valence-corrected chi connectivity index (χ4v) is 5.05. The summed E-state index contributed by atoms with van der Waals surface area (Å²) in [5, 5.41) is 0. The Morgan fingerprint density at radius 1 is 1.18 bits per heavy atom. The molecule has 1 aromatic carbocycles. The lowest BCUT2D eigenvalue weighted by molar-refractivity contribution is -0.131. The molecule has 2 fully saturated rings. The van der Waals surface area contributed by atoms with Crippen molar-refractivity contribution in [2.24, 2.45) is 0 Å². The number of nitrogens with two attached hydrogens (primary N) is 1. The maximum atomic E-state index is 12.6. The molecular formula is C17H25ClN2OS. The fraction of sp³-hybridized carbons (Fsp3) is 0.588. The number of carbonyl (C=O) groups excluding carboxylic acids is 1. The van der Waals surface area contributed by atoms with Crippen LogP contribution in [0.15, 0.2) is 24.3 Å². The van der Waals surface area contributed by atoms with Crippen LogP contribution in [0.2, 0.25) is 0 Å². The molecule has 3 rings (SSSR count). The minimum absolute atomic E-state index is 0. The number of benzene rings is 1. The minimum atomic E-state index is 0. The third-order valence-corrected chi connectivity index (χ3v) is 6.24. The summed E-state index contributed by atoms with van der Waals surface area (Å²) in [6.07, 6.45) is 7.08. The summed E-state index contributed by atoms with van der Waals surface area (Å²) in [7, 11) is 0. The predicted octanol–water partition coefficient (Wildman–Crippen LogP) is 3.51. The summed E-state index contributed by atoms with van der Waals surface area (Å²) in [6.45, 7) is 1.85. The van der Waals surface area contributed by atoms with Crippen molar-refractivity contribution >= 4 is 35.8 Å². The number of rotatable bonds is 2. The number of thioether (sulfide) groups is 1. The lowest BCUT2D eigenvalue weighted by Crippen LogP contribution is -2.50. The van der Waals surface area contributed by atoms with Gasteiger partial charge in [-0.05, 0) is 30.5 Å². The molecular weight excluding hydrogens is 316 g/mol. The van der Waals surface area contributed by atoms with Gasteiger partial charge in [-0.25, -0.2) is 0 Å². The van der Waals surface area contributed by atoms with E-state index < -0.39 is 0 Å². The number of carbonyl (C=O) groups is 1. The second-order valence-corrected chi connectivity index (χ2v) is 7.89. The van der Waals surface area contributed by atoms with Crippen molar-refractivity contribution in [2.75, 3.05) is 24.6 Å². The molecule has 0 unspecified atom stereocenters. The predicted molar refractivity (Wildman–Crippen MR) is 96.7 cm³/mol. The van der Waals surface area contributed by atoms with Crippen LogP contribution in [0.4, 0.5) is 5.69 Å². The van der Waals surface area contributed by atoms with Gasteiger partial charge < -0.3 is 10.6 Å². The molecule has 1 aromatic rings. The monoisotopic (exact) mass is 340 g/mol. The average molecular weight is 341 g/mol. The highest BCUT2D eigenvalue weighted by Gasteiger charge is 2.38. The molecule has 0 atom stereocenters. The maximum absolute atomic E-state index is 12.6. The second-order valence-electron chi connectivity index (χ2n) is 6.33. The highest BCUT2D eigenvalue weighted by atomic mass is 35.5. The average Bonchev–Trinajstić information content (AvgIpc) is 2.50. The van der Waals surface area contributed by atoms with Crippen LogP contribution >= 0.6 is 24.2 Å². The zero-order valence-electron chi connectivity index (χ0n) is 12.9. The van der Waals surface area contributed by atoms with Crippen molar-refractivity contribution in [3.63, 3.8) is 0 Å². The first-order valence-electron chi connectivity index (χ1n) is 7.93. The topological polar surface area (TPSA) is 46.3 Å². The second kappa shape index (κ2) is 7.60. The van der Waals surface area contributed by atoms with Crippen LogP contribution in [-0.4, -0.2) is 34.4 Å². The highest BCUT2D eigenvalue weighted by molar-refractivity contribution is 8.00. The van der Waals surface area contributed by atoms with E-state index in [-0.39, 0.29) is 18.3 Å². The SMILES string of the molecule is Cl.Nc1ccc(CC(=O)N2CCSC3(CCCCC3)C2)cc1. The summed E-state index contributed by atoms with van der Waals surface area (Å²) in [6, 6.07) is 7.67. The van der Waals surface area contributed by atoms with Crippen LogP contribution in [0, 0.1) is 0 Å². The molecule has 1 heterocycles. The Morgan fingerprint density at radius 2 is 1.86 bits per heavy atom. The summed E-state index contributed by atoms with van der Waals surface area (Å²) < 4.78 is 0.354. The van der Waals surface area contributed by atoms with E-state index in [0.29, 0.717) is 11.2 Å². The Hall–Kier alpha value is -0.870. The molecule has 122 valence electrons. The number of hydrogen-bond acceptors (Lipinski definition) is 3. The van der Waals surface area contributed by atoms with E-state index in [1.54, 1.807) is 0 Å². The third kappa shape index (κ3) is 4.11. The molecule has 1 saturated heterocycles. The molecule has 0 bridgehead atoms. The molecule has 1 aliphatic carbocycles. The molecule has 22 heavy (non-hydrogen) atoms. The highest BCUT2D eigenvalue weighted by Crippen LogP contribution is 2.42. The Morgan fingerprint density at radius 3 is 2.55 bits per heavy atom. The Bertz CT molecular complexity index is 494.